The largest absolute Gasteiger partial charge is 0.493 e. The highest BCUT2D eigenvalue weighted by Gasteiger charge is 2.12. The summed E-state index contributed by atoms with van der Waals surface area (Å²) < 4.78 is 16.9. The Bertz CT molecular complexity index is 927. The Balaban J connectivity index is 1.42. The first-order valence-electron chi connectivity index (χ1n) is 9.03. The number of nitrogens with one attached hydrogen (secondary N) is 1. The van der Waals surface area contributed by atoms with Gasteiger partial charge in [-0.05, 0) is 35.4 Å². The molecule has 5 heteroatoms. The van der Waals surface area contributed by atoms with Gasteiger partial charge in [-0.1, -0.05) is 30.3 Å². The third kappa shape index (κ3) is 4.04. The molecule has 4 rings (SSSR count). The molecule has 1 aliphatic heterocycles. The van der Waals surface area contributed by atoms with E-state index in [2.05, 4.69) is 28.5 Å². The maximum atomic E-state index is 6.00. The summed E-state index contributed by atoms with van der Waals surface area (Å²) in [6.45, 7) is 2.22. The first kappa shape index (κ1) is 17.4. The quantitative estimate of drug-likeness (QED) is 0.686. The molecular weight excluding hydrogens is 340 g/mol. The molecule has 138 valence electrons. The summed E-state index contributed by atoms with van der Waals surface area (Å²) in [6, 6.07) is 17.9. The van der Waals surface area contributed by atoms with Gasteiger partial charge in [0.25, 0.3) is 0 Å². The predicted octanol–water partition coefficient (Wildman–Crippen LogP) is 4.11. The lowest BCUT2D eigenvalue weighted by atomic mass is 10.1. The fraction of sp³-hybridized carbons (Fsp3) is 0.227. The Morgan fingerprint density at radius 2 is 1.93 bits per heavy atom. The first-order valence-corrected chi connectivity index (χ1v) is 9.03. The van der Waals surface area contributed by atoms with Gasteiger partial charge in [-0.25, -0.2) is 4.98 Å². The molecule has 0 amide bonds. The lowest BCUT2D eigenvalue weighted by Gasteiger charge is -2.13. The number of hydrogen-bond donors (Lipinski definition) is 1. The van der Waals surface area contributed by atoms with Gasteiger partial charge in [-0.3, -0.25) is 0 Å². The lowest BCUT2D eigenvalue weighted by molar-refractivity contribution is 0.357. The van der Waals surface area contributed by atoms with Gasteiger partial charge in [0.1, 0.15) is 5.75 Å². The molecule has 0 spiro atoms. The van der Waals surface area contributed by atoms with Crippen molar-refractivity contribution in [1.82, 2.24) is 10.3 Å². The predicted molar refractivity (Wildman–Crippen MR) is 103 cm³/mol. The maximum Gasteiger partial charge on any atom is 0.223 e. The molecule has 0 fully saturated rings. The number of hydrogen-bond acceptors (Lipinski definition) is 5. The number of rotatable bonds is 7. The number of fused-ring (bicyclic) bond motifs is 1. The molecule has 27 heavy (non-hydrogen) atoms. The van der Waals surface area contributed by atoms with E-state index in [0.717, 1.165) is 30.9 Å². The highest BCUT2D eigenvalue weighted by molar-refractivity contribution is 5.43. The Hall–Kier alpha value is -3.05. The van der Waals surface area contributed by atoms with Crippen molar-refractivity contribution in [3.8, 4) is 23.1 Å². The van der Waals surface area contributed by atoms with E-state index >= 15 is 0 Å². The summed E-state index contributed by atoms with van der Waals surface area (Å²) in [6.07, 6.45) is 2.72. The number of pyridine rings is 1. The van der Waals surface area contributed by atoms with E-state index in [1.165, 1.54) is 11.1 Å². The normalized spacial score (nSPS) is 12.3. The van der Waals surface area contributed by atoms with Crippen molar-refractivity contribution >= 4 is 0 Å². The Labute approximate surface area is 158 Å². The molecule has 1 N–H and O–H groups in total. The molecule has 0 saturated heterocycles. The van der Waals surface area contributed by atoms with Gasteiger partial charge in [0, 0.05) is 31.3 Å². The minimum absolute atomic E-state index is 0.580. The molecule has 5 nitrogen and oxygen atoms in total. The zero-order valence-electron chi connectivity index (χ0n) is 15.3. The molecule has 0 unspecified atom stereocenters. The number of para-hydroxylation sites is 2. The monoisotopic (exact) mass is 362 g/mol. The van der Waals surface area contributed by atoms with Gasteiger partial charge in [0.2, 0.25) is 5.88 Å². The number of ether oxygens (including phenoxy) is 3. The fourth-order valence-electron chi connectivity index (χ4n) is 3.15. The van der Waals surface area contributed by atoms with Crippen molar-refractivity contribution in [2.24, 2.45) is 0 Å². The van der Waals surface area contributed by atoms with Gasteiger partial charge in [0.05, 0.1) is 13.7 Å². The van der Waals surface area contributed by atoms with Gasteiger partial charge in [-0.2, -0.15) is 0 Å². The van der Waals surface area contributed by atoms with Crippen LogP contribution in [0.15, 0.2) is 60.8 Å². The summed E-state index contributed by atoms with van der Waals surface area (Å²) in [5, 5.41) is 3.47. The van der Waals surface area contributed by atoms with Crippen LogP contribution >= 0.6 is 0 Å². The van der Waals surface area contributed by atoms with E-state index in [9.17, 15) is 0 Å². The van der Waals surface area contributed by atoms with E-state index in [0.29, 0.717) is 23.9 Å². The number of benzene rings is 2. The number of aromatic nitrogens is 1. The van der Waals surface area contributed by atoms with Crippen molar-refractivity contribution in [2.75, 3.05) is 13.7 Å². The summed E-state index contributed by atoms with van der Waals surface area (Å²) in [5.74, 6) is 2.93. The molecule has 1 aromatic heterocycles. The fourth-order valence-corrected chi connectivity index (χ4v) is 3.15. The van der Waals surface area contributed by atoms with Crippen LogP contribution in [0.25, 0.3) is 0 Å². The minimum Gasteiger partial charge on any atom is -0.493 e. The zero-order valence-corrected chi connectivity index (χ0v) is 15.3. The van der Waals surface area contributed by atoms with Crippen LogP contribution in [0.1, 0.15) is 16.7 Å². The molecule has 2 aromatic carbocycles. The van der Waals surface area contributed by atoms with Gasteiger partial charge < -0.3 is 19.5 Å². The van der Waals surface area contributed by atoms with Gasteiger partial charge in [0.15, 0.2) is 11.5 Å². The van der Waals surface area contributed by atoms with Crippen molar-refractivity contribution < 1.29 is 14.2 Å². The summed E-state index contributed by atoms with van der Waals surface area (Å²) in [4.78, 5) is 4.39. The second-order valence-corrected chi connectivity index (χ2v) is 6.36. The molecule has 2 heterocycles. The van der Waals surface area contributed by atoms with Crippen LogP contribution in [0.3, 0.4) is 0 Å². The molecule has 3 aromatic rings. The summed E-state index contributed by atoms with van der Waals surface area (Å²) in [7, 11) is 1.63. The molecule has 1 aliphatic rings. The van der Waals surface area contributed by atoms with E-state index in [1.54, 1.807) is 13.3 Å². The molecule has 0 radical (unpaired) electrons. The van der Waals surface area contributed by atoms with E-state index in [1.807, 2.05) is 36.4 Å². The molecule has 0 bridgehead atoms. The van der Waals surface area contributed by atoms with Gasteiger partial charge >= 0.3 is 0 Å². The van der Waals surface area contributed by atoms with E-state index in [4.69, 9.17) is 14.2 Å². The maximum absolute atomic E-state index is 6.00. The summed E-state index contributed by atoms with van der Waals surface area (Å²) >= 11 is 0. The molecular formula is C22H22N2O3. The zero-order chi connectivity index (χ0) is 18.5. The first-order chi connectivity index (χ1) is 13.3. The average Bonchev–Trinajstić information content (AvgIpc) is 3.17. The molecule has 0 aliphatic carbocycles. The average molecular weight is 362 g/mol. The van der Waals surface area contributed by atoms with Crippen LogP contribution in [0, 0.1) is 0 Å². The van der Waals surface area contributed by atoms with E-state index < -0.39 is 0 Å². The highest BCUT2D eigenvalue weighted by Crippen LogP contribution is 2.31. The SMILES string of the molecule is COc1ccccc1Oc1ncccc1CNCc1ccc2c(c1)CCO2. The topological polar surface area (TPSA) is 52.6 Å². The Kier molecular flexibility index (Phi) is 5.21. The minimum atomic E-state index is 0.580. The highest BCUT2D eigenvalue weighted by atomic mass is 16.5. The third-order valence-electron chi connectivity index (χ3n) is 4.52. The molecule has 0 atom stereocenters. The van der Waals surface area contributed by atoms with Crippen molar-refractivity contribution in [3.05, 3.63) is 77.5 Å². The van der Waals surface area contributed by atoms with Gasteiger partial charge in [-0.15, -0.1) is 0 Å². The smallest absolute Gasteiger partial charge is 0.223 e. The van der Waals surface area contributed by atoms with Crippen molar-refractivity contribution in [3.63, 3.8) is 0 Å². The standard InChI is InChI=1S/C22H22N2O3/c1-25-20-6-2-3-7-21(20)27-22-18(5-4-11-24-22)15-23-14-16-8-9-19-17(13-16)10-12-26-19/h2-9,11,13,23H,10,12,14-15H2,1H3. The van der Waals surface area contributed by atoms with E-state index in [-0.39, 0.29) is 0 Å². The Morgan fingerprint density at radius 1 is 1.04 bits per heavy atom. The number of nitrogens with zero attached hydrogens (tertiary/aromatic N) is 1. The lowest BCUT2D eigenvalue weighted by Crippen LogP contribution is -2.13. The van der Waals surface area contributed by atoms with Crippen LogP contribution < -0.4 is 19.5 Å². The van der Waals surface area contributed by atoms with Crippen molar-refractivity contribution in [1.29, 1.82) is 0 Å². The number of methoxy groups -OCH3 is 1. The second-order valence-electron chi connectivity index (χ2n) is 6.36. The van der Waals surface area contributed by atoms with Crippen molar-refractivity contribution in [2.45, 2.75) is 19.5 Å². The van der Waals surface area contributed by atoms with Crippen LogP contribution in [-0.4, -0.2) is 18.7 Å². The summed E-state index contributed by atoms with van der Waals surface area (Å²) in [5.41, 5.74) is 3.53. The van der Waals surface area contributed by atoms with Crippen LogP contribution in [-0.2, 0) is 19.5 Å². The van der Waals surface area contributed by atoms with Crippen LogP contribution in [0.5, 0.6) is 23.1 Å². The molecule has 0 saturated carbocycles. The Morgan fingerprint density at radius 3 is 2.81 bits per heavy atom. The second kappa shape index (κ2) is 8.10. The van der Waals surface area contributed by atoms with Crippen LogP contribution in [0.4, 0.5) is 0 Å². The third-order valence-corrected chi connectivity index (χ3v) is 4.52. The van der Waals surface area contributed by atoms with Crippen LogP contribution in [0.2, 0.25) is 0 Å².